The number of carbonyl (C=O) groups is 2. The highest BCUT2D eigenvalue weighted by atomic mass is 127. The maximum atomic E-state index is 13.0. The molecular weight excluding hydrogens is 535 g/mol. The number of rotatable bonds is 2. The van der Waals surface area contributed by atoms with E-state index in [1.807, 2.05) is 24.3 Å². The van der Waals surface area contributed by atoms with Gasteiger partial charge in [-0.1, -0.05) is 38.1 Å². The van der Waals surface area contributed by atoms with Gasteiger partial charge >= 0.3 is 5.97 Å². The first-order valence-electron chi connectivity index (χ1n) is 11.4. The molecule has 1 unspecified atom stereocenters. The van der Waals surface area contributed by atoms with Crippen molar-refractivity contribution in [1.29, 1.82) is 0 Å². The van der Waals surface area contributed by atoms with Crippen LogP contribution in [0.15, 0.2) is 60.2 Å². The molecule has 0 amide bonds. The topological polar surface area (TPSA) is 43.4 Å². The molecule has 0 spiro atoms. The number of fused-ring (bicyclic) bond motifs is 5. The third kappa shape index (κ3) is 3.12. The number of ether oxygens (including phenoxy) is 1. The number of hydrogen-bond donors (Lipinski definition) is 0. The molecule has 0 saturated heterocycles. The van der Waals surface area contributed by atoms with Crippen molar-refractivity contribution in [3.63, 3.8) is 0 Å². The summed E-state index contributed by atoms with van der Waals surface area (Å²) in [6.07, 6.45) is 9.59. The number of benzene rings is 1. The van der Waals surface area contributed by atoms with E-state index in [4.69, 9.17) is 16.3 Å². The van der Waals surface area contributed by atoms with Crippen molar-refractivity contribution in [1.82, 2.24) is 0 Å². The summed E-state index contributed by atoms with van der Waals surface area (Å²) in [5.41, 5.74) is 2.25. The number of ketones is 1. The maximum absolute atomic E-state index is 13.0. The van der Waals surface area contributed by atoms with Crippen molar-refractivity contribution in [3.05, 3.63) is 69.4 Å². The lowest BCUT2D eigenvalue weighted by atomic mass is 9.48. The number of hydrogen-bond acceptors (Lipinski definition) is 3. The monoisotopic (exact) mass is 562 g/mol. The van der Waals surface area contributed by atoms with Crippen LogP contribution in [-0.4, -0.2) is 22.7 Å². The van der Waals surface area contributed by atoms with Crippen molar-refractivity contribution in [2.45, 2.75) is 56.9 Å². The summed E-state index contributed by atoms with van der Waals surface area (Å²) in [6.45, 7) is 8.80. The standard InChI is InChI=1S/C27H28ClIO3/c1-16-13-22-21-8-7-18-15-20(30)9-10-26(18,3)27(21,28)12-11-25(22,2)23(16)32-24(31)17-5-4-6-19(29)14-17/h4-6,9-10,14-15,21-23H,1,7-8,11-13H2,2-3H3/t21-,22-,23?,25-,26-,27+/m0/s1. The van der Waals surface area contributed by atoms with E-state index >= 15 is 0 Å². The molecule has 4 aliphatic rings. The molecule has 4 aliphatic carbocycles. The molecule has 3 saturated carbocycles. The largest absolute Gasteiger partial charge is 0.454 e. The smallest absolute Gasteiger partial charge is 0.338 e. The van der Waals surface area contributed by atoms with Crippen LogP contribution in [-0.2, 0) is 9.53 Å². The molecule has 0 heterocycles. The van der Waals surface area contributed by atoms with Crippen LogP contribution in [0.2, 0.25) is 0 Å². The number of esters is 1. The summed E-state index contributed by atoms with van der Waals surface area (Å²) in [7, 11) is 0. The van der Waals surface area contributed by atoms with E-state index < -0.39 is 4.87 Å². The lowest BCUT2D eigenvalue weighted by Gasteiger charge is -2.61. The van der Waals surface area contributed by atoms with Crippen molar-refractivity contribution >= 4 is 45.9 Å². The van der Waals surface area contributed by atoms with Crippen LogP contribution >= 0.6 is 34.2 Å². The molecular formula is C27H28ClIO3. The van der Waals surface area contributed by atoms with Gasteiger partial charge in [0.15, 0.2) is 5.78 Å². The Morgan fingerprint density at radius 1 is 1.25 bits per heavy atom. The molecule has 1 aromatic rings. The molecule has 3 nitrogen and oxygen atoms in total. The fourth-order valence-electron chi connectivity index (χ4n) is 7.01. The van der Waals surface area contributed by atoms with Crippen LogP contribution in [0.5, 0.6) is 0 Å². The van der Waals surface area contributed by atoms with Gasteiger partial charge in [0.2, 0.25) is 0 Å². The van der Waals surface area contributed by atoms with E-state index in [1.54, 1.807) is 18.2 Å². The van der Waals surface area contributed by atoms with Crippen LogP contribution in [0.25, 0.3) is 0 Å². The van der Waals surface area contributed by atoms with Gasteiger partial charge in [0.1, 0.15) is 6.10 Å². The molecule has 0 bridgehead atoms. The molecule has 0 aromatic heterocycles. The molecule has 5 heteroatoms. The molecule has 168 valence electrons. The zero-order valence-electron chi connectivity index (χ0n) is 18.5. The van der Waals surface area contributed by atoms with Gasteiger partial charge in [-0.25, -0.2) is 4.79 Å². The van der Waals surface area contributed by atoms with Crippen LogP contribution in [0, 0.1) is 26.2 Å². The predicted molar refractivity (Wildman–Crippen MR) is 135 cm³/mol. The fourth-order valence-corrected chi connectivity index (χ4v) is 8.10. The molecule has 6 atom stereocenters. The van der Waals surface area contributed by atoms with Crippen molar-refractivity contribution in [2.24, 2.45) is 22.7 Å². The zero-order chi connectivity index (χ0) is 22.9. The van der Waals surface area contributed by atoms with Crippen LogP contribution < -0.4 is 0 Å². The van der Waals surface area contributed by atoms with Gasteiger partial charge in [-0.3, -0.25) is 4.79 Å². The highest BCUT2D eigenvalue weighted by molar-refractivity contribution is 14.1. The quantitative estimate of drug-likeness (QED) is 0.175. The van der Waals surface area contributed by atoms with Crippen LogP contribution in [0.4, 0.5) is 0 Å². The minimum atomic E-state index is -0.437. The number of alkyl halides is 1. The number of allylic oxidation sites excluding steroid dienone is 4. The van der Waals surface area contributed by atoms with Gasteiger partial charge in [-0.15, -0.1) is 11.6 Å². The molecule has 0 aliphatic heterocycles. The Labute approximate surface area is 208 Å². The Morgan fingerprint density at radius 2 is 2.03 bits per heavy atom. The molecule has 3 fully saturated rings. The molecule has 32 heavy (non-hydrogen) atoms. The lowest BCUT2D eigenvalue weighted by Crippen LogP contribution is -2.59. The minimum absolute atomic E-state index is 0.0635. The van der Waals surface area contributed by atoms with Gasteiger partial charge in [-0.2, -0.15) is 0 Å². The Hall–Kier alpha value is -1.40. The third-order valence-corrected chi connectivity index (χ3v) is 10.4. The van der Waals surface area contributed by atoms with E-state index in [2.05, 4.69) is 43.0 Å². The number of carbonyl (C=O) groups excluding carboxylic acids is 2. The van der Waals surface area contributed by atoms with E-state index in [0.29, 0.717) is 11.5 Å². The van der Waals surface area contributed by atoms with Crippen LogP contribution in [0.1, 0.15) is 56.3 Å². The second kappa shape index (κ2) is 7.56. The first-order valence-corrected chi connectivity index (χ1v) is 12.8. The number of halogens is 2. The molecule has 0 radical (unpaired) electrons. The van der Waals surface area contributed by atoms with Gasteiger partial charge < -0.3 is 4.74 Å². The summed E-state index contributed by atoms with van der Waals surface area (Å²) in [4.78, 5) is 24.6. The second-order valence-corrected chi connectivity index (χ2v) is 12.3. The summed E-state index contributed by atoms with van der Waals surface area (Å²) >= 11 is 9.75. The normalized spacial score (nSPS) is 40.2. The van der Waals surface area contributed by atoms with Gasteiger partial charge in [0.05, 0.1) is 10.4 Å². The Balaban J connectivity index is 1.45. The molecule has 0 N–H and O–H groups in total. The molecule has 1 aromatic carbocycles. The van der Waals surface area contributed by atoms with E-state index in [9.17, 15) is 9.59 Å². The van der Waals surface area contributed by atoms with E-state index in [-0.39, 0.29) is 34.6 Å². The first-order chi connectivity index (χ1) is 15.1. The van der Waals surface area contributed by atoms with Crippen molar-refractivity contribution in [3.8, 4) is 0 Å². The van der Waals surface area contributed by atoms with Gasteiger partial charge in [0.25, 0.3) is 0 Å². The first kappa shape index (κ1) is 22.4. The van der Waals surface area contributed by atoms with Crippen LogP contribution in [0.3, 0.4) is 0 Å². The average molecular weight is 563 g/mol. The van der Waals surface area contributed by atoms with E-state index in [1.165, 1.54) is 5.57 Å². The fraction of sp³-hybridized carbons (Fsp3) is 0.481. The van der Waals surface area contributed by atoms with Crippen molar-refractivity contribution < 1.29 is 14.3 Å². The van der Waals surface area contributed by atoms with Gasteiger partial charge in [-0.05, 0) is 102 Å². The lowest BCUT2D eigenvalue weighted by molar-refractivity contribution is -0.111. The minimum Gasteiger partial charge on any atom is -0.454 e. The Kier molecular flexibility index (Phi) is 5.29. The Morgan fingerprint density at radius 3 is 2.78 bits per heavy atom. The summed E-state index contributed by atoms with van der Waals surface area (Å²) in [5.74, 6) is 0.364. The van der Waals surface area contributed by atoms with E-state index in [0.717, 1.165) is 41.2 Å². The highest BCUT2D eigenvalue weighted by Crippen LogP contribution is 2.69. The zero-order valence-corrected chi connectivity index (χ0v) is 21.4. The molecule has 5 rings (SSSR count). The Bertz CT molecular complexity index is 1090. The highest BCUT2D eigenvalue weighted by Gasteiger charge is 2.66. The summed E-state index contributed by atoms with van der Waals surface area (Å²) in [6, 6.07) is 7.51. The maximum Gasteiger partial charge on any atom is 0.338 e. The summed E-state index contributed by atoms with van der Waals surface area (Å²) in [5, 5.41) is 0. The average Bonchev–Trinajstić information content (AvgIpc) is 3.00. The SMILES string of the molecule is C=C1C[C@H]2[C@@H]3CCC4=CC(=O)C=C[C@]4(C)[C@@]3(Cl)CC[C@]2(C)C1OC(=O)c1cccc(I)c1. The second-order valence-electron chi connectivity index (χ2n) is 10.4. The third-order valence-electron chi connectivity index (χ3n) is 8.84. The summed E-state index contributed by atoms with van der Waals surface area (Å²) < 4.78 is 7.15. The van der Waals surface area contributed by atoms with Gasteiger partial charge in [0, 0.05) is 14.4 Å². The van der Waals surface area contributed by atoms with Crippen molar-refractivity contribution in [2.75, 3.05) is 0 Å². The predicted octanol–water partition coefficient (Wildman–Crippen LogP) is 6.65.